The molecule has 11 N–H and O–H groups in total. The van der Waals surface area contributed by atoms with Crippen LogP contribution in [0.3, 0.4) is 0 Å². The molecule has 376 valence electrons. The summed E-state index contributed by atoms with van der Waals surface area (Å²) in [5.41, 5.74) is -2.18. The molecule has 3 saturated heterocycles. The first-order valence-corrected chi connectivity index (χ1v) is 23.8. The molecule has 0 radical (unpaired) electrons. The quantitative estimate of drug-likeness (QED) is 0.0856. The Bertz CT molecular complexity index is 1860. The number of aliphatic hydroxyl groups excluding tert-OH is 10. The minimum absolute atomic E-state index is 0.0684. The van der Waals surface area contributed by atoms with Crippen molar-refractivity contribution in [3.05, 3.63) is 11.6 Å². The molecule has 4 saturated carbocycles. The van der Waals surface area contributed by atoms with Crippen molar-refractivity contribution in [2.75, 3.05) is 13.2 Å². The maximum atomic E-state index is 14.7. The molecule has 0 aromatic rings. The zero-order chi connectivity index (χ0) is 48.4. The lowest BCUT2D eigenvalue weighted by Gasteiger charge is -2.71. The molecule has 19 nitrogen and oxygen atoms in total. The van der Waals surface area contributed by atoms with Crippen molar-refractivity contribution in [3.8, 4) is 0 Å². The van der Waals surface area contributed by atoms with E-state index in [0.29, 0.717) is 38.5 Å². The zero-order valence-corrected chi connectivity index (χ0v) is 39.0. The summed E-state index contributed by atoms with van der Waals surface area (Å²) >= 11 is 0. The van der Waals surface area contributed by atoms with Crippen LogP contribution in [-0.2, 0) is 38.0 Å². The van der Waals surface area contributed by atoms with Gasteiger partial charge in [0.2, 0.25) is 6.29 Å². The van der Waals surface area contributed by atoms with Crippen LogP contribution >= 0.6 is 0 Å². The van der Waals surface area contributed by atoms with Crippen LogP contribution in [0.4, 0.5) is 0 Å². The van der Waals surface area contributed by atoms with E-state index in [2.05, 4.69) is 54.5 Å². The fourth-order valence-electron chi connectivity index (χ4n) is 14.8. The van der Waals surface area contributed by atoms with Gasteiger partial charge < -0.3 is 84.6 Å². The second-order valence-electron chi connectivity index (χ2n) is 23.2. The summed E-state index contributed by atoms with van der Waals surface area (Å²) in [5, 5.41) is 117. The number of aliphatic carboxylic acids is 1. The molecule has 7 fully saturated rings. The van der Waals surface area contributed by atoms with Crippen LogP contribution in [0.5, 0.6) is 0 Å². The molecule has 0 bridgehead atoms. The Morgan fingerprint density at radius 1 is 0.712 bits per heavy atom. The summed E-state index contributed by atoms with van der Waals surface area (Å²) in [7, 11) is 0. The number of hydrogen-bond acceptors (Lipinski definition) is 18. The minimum Gasteiger partial charge on any atom is -0.479 e. The average molecular weight is 943 g/mol. The van der Waals surface area contributed by atoms with Gasteiger partial charge >= 0.3 is 11.9 Å². The van der Waals surface area contributed by atoms with Gasteiger partial charge in [-0.3, -0.25) is 4.79 Å². The topological polar surface area (TPSA) is 312 Å². The molecule has 23 atom stereocenters. The van der Waals surface area contributed by atoms with Gasteiger partial charge in [0.05, 0.1) is 25.4 Å². The predicted octanol–water partition coefficient (Wildman–Crippen LogP) is -0.157. The molecule has 8 unspecified atom stereocenters. The first-order valence-electron chi connectivity index (χ1n) is 23.8. The SMILES string of the molecule is CC1(C)CC[C@@]2(C(=O)OC3OC(CO)C(O)C(O)C3O)C(C1)C1=CCC3[C@@]4(C)CC[C@H](O[C@@H]5O[C@H](C(=O)O)[C@@H](O[C@@H]6OC[C@@H](O)[C@H](O)[C@H]6O)[C@H](O)[C@H]5O)C(C)(C)C4CC[C@@]3(C)[C@]1(C)C[C@H]2O. The van der Waals surface area contributed by atoms with Crippen LogP contribution in [0, 0.1) is 50.2 Å². The summed E-state index contributed by atoms with van der Waals surface area (Å²) in [6, 6.07) is 0. The summed E-state index contributed by atoms with van der Waals surface area (Å²) in [4.78, 5) is 27.2. The Hall–Kier alpha value is -1.92. The fraction of sp³-hybridized carbons (Fsp3) is 0.915. The Labute approximate surface area is 385 Å². The summed E-state index contributed by atoms with van der Waals surface area (Å²) < 4.78 is 34.7. The molecule has 0 aromatic carbocycles. The van der Waals surface area contributed by atoms with Crippen molar-refractivity contribution in [2.45, 2.75) is 204 Å². The largest absolute Gasteiger partial charge is 0.479 e. The molecule has 3 aliphatic heterocycles. The number of allylic oxidation sites excluding steroid dienone is 2. The van der Waals surface area contributed by atoms with Gasteiger partial charge in [-0.15, -0.1) is 0 Å². The van der Waals surface area contributed by atoms with Gasteiger partial charge in [-0.25, -0.2) is 4.79 Å². The van der Waals surface area contributed by atoms with E-state index in [1.54, 1.807) is 0 Å². The van der Waals surface area contributed by atoms with Gasteiger partial charge in [0.1, 0.15) is 66.5 Å². The Morgan fingerprint density at radius 3 is 2.05 bits per heavy atom. The molecule has 8 rings (SSSR count). The highest BCUT2D eigenvalue weighted by Gasteiger charge is 2.72. The Balaban J connectivity index is 1.03. The molecule has 0 spiro atoms. The second kappa shape index (κ2) is 17.4. The monoisotopic (exact) mass is 942 g/mol. The van der Waals surface area contributed by atoms with Crippen molar-refractivity contribution in [1.29, 1.82) is 0 Å². The number of fused-ring (bicyclic) bond motifs is 7. The van der Waals surface area contributed by atoms with Crippen LogP contribution in [0.1, 0.15) is 106 Å². The molecule has 5 aliphatic carbocycles. The van der Waals surface area contributed by atoms with Gasteiger partial charge in [-0.1, -0.05) is 60.1 Å². The van der Waals surface area contributed by atoms with Crippen LogP contribution < -0.4 is 0 Å². The van der Waals surface area contributed by atoms with Crippen molar-refractivity contribution >= 4 is 11.9 Å². The molecular formula is C47H74O19. The van der Waals surface area contributed by atoms with Gasteiger partial charge in [0.25, 0.3) is 0 Å². The van der Waals surface area contributed by atoms with Crippen LogP contribution in [0.2, 0.25) is 0 Å². The number of esters is 1. The normalized spacial score (nSPS) is 53.2. The Kier molecular flexibility index (Phi) is 13.3. The maximum absolute atomic E-state index is 14.7. The highest BCUT2D eigenvalue weighted by atomic mass is 16.7. The van der Waals surface area contributed by atoms with Gasteiger partial charge in [0.15, 0.2) is 18.7 Å². The summed E-state index contributed by atoms with van der Waals surface area (Å²) in [6.45, 7) is 14.3. The maximum Gasteiger partial charge on any atom is 0.335 e. The third kappa shape index (κ3) is 7.64. The van der Waals surface area contributed by atoms with E-state index in [-0.39, 0.29) is 34.5 Å². The number of carboxylic acids is 1. The predicted molar refractivity (Wildman–Crippen MR) is 226 cm³/mol. The van der Waals surface area contributed by atoms with E-state index in [1.165, 1.54) is 0 Å². The molecule has 66 heavy (non-hydrogen) atoms. The number of aliphatic hydroxyl groups is 10. The number of hydrogen-bond donors (Lipinski definition) is 11. The van der Waals surface area contributed by atoms with E-state index in [4.69, 9.17) is 28.4 Å². The number of rotatable bonds is 8. The average Bonchev–Trinajstić information content (AvgIpc) is 3.24. The van der Waals surface area contributed by atoms with Crippen molar-refractivity contribution < 1.29 is 94.2 Å². The van der Waals surface area contributed by atoms with E-state index < -0.39 is 146 Å². The second-order valence-corrected chi connectivity index (χ2v) is 23.2. The molecule has 19 heteroatoms. The molecule has 0 aromatic heterocycles. The number of carboxylic acid groups (broad SMARTS) is 1. The molecule has 8 aliphatic rings. The van der Waals surface area contributed by atoms with E-state index >= 15 is 0 Å². The third-order valence-corrected chi connectivity index (χ3v) is 18.9. The zero-order valence-electron chi connectivity index (χ0n) is 39.0. The lowest BCUT2D eigenvalue weighted by molar-refractivity contribution is -0.354. The van der Waals surface area contributed by atoms with Crippen molar-refractivity contribution in [3.63, 3.8) is 0 Å². The number of carbonyl (C=O) groups excluding carboxylic acids is 1. The molecular weight excluding hydrogens is 868 g/mol. The van der Waals surface area contributed by atoms with Crippen LogP contribution in [0.15, 0.2) is 11.6 Å². The Morgan fingerprint density at radius 2 is 1.38 bits per heavy atom. The fourth-order valence-corrected chi connectivity index (χ4v) is 14.8. The van der Waals surface area contributed by atoms with Crippen LogP contribution in [-0.4, -0.2) is 180 Å². The molecule has 0 amide bonds. The summed E-state index contributed by atoms with van der Waals surface area (Å²) in [6.07, 6.45) is -17.5. The van der Waals surface area contributed by atoms with Crippen LogP contribution in [0.25, 0.3) is 0 Å². The smallest absolute Gasteiger partial charge is 0.335 e. The minimum atomic E-state index is -1.87. The lowest BCUT2D eigenvalue weighted by Crippen LogP contribution is -2.68. The van der Waals surface area contributed by atoms with Gasteiger partial charge in [0, 0.05) is 0 Å². The first kappa shape index (κ1) is 50.5. The number of carbonyl (C=O) groups is 2. The number of ether oxygens (including phenoxy) is 6. The van der Waals surface area contributed by atoms with Gasteiger partial charge in [-0.05, 0) is 103 Å². The molecule has 3 heterocycles. The highest BCUT2D eigenvalue weighted by Crippen LogP contribution is 2.76. The van der Waals surface area contributed by atoms with Crippen molar-refractivity contribution in [2.24, 2.45) is 50.2 Å². The van der Waals surface area contributed by atoms with Gasteiger partial charge in [-0.2, -0.15) is 0 Å². The standard InChI is InChI=1S/C47H74O19/c1-42(2)14-15-47(41(60)66-39-33(56)30(53)29(52)23(18-48)62-39)21(16-42)20-8-9-25-44(5)12-11-27(43(3,4)24(44)10-13-45(25,6)46(20,7)17-26(47)50)63-40-34(57)31(54)35(36(65-40)37(58)59)64-38-32(55)28(51)22(49)19-61-38/h8,21-36,38-40,48-57H,9-19H2,1-7H3,(H,58,59)/t21?,22-,23?,24?,25?,26-,27+,28+,29?,30?,31-,32-,33?,34-,35+,36+,38+,39?,40-,44+,45-,46-,47-/m1/s1. The van der Waals surface area contributed by atoms with Crippen molar-refractivity contribution in [1.82, 2.24) is 0 Å². The van der Waals surface area contributed by atoms with E-state index in [0.717, 1.165) is 18.4 Å². The summed E-state index contributed by atoms with van der Waals surface area (Å²) in [5.74, 6) is -2.51. The highest BCUT2D eigenvalue weighted by molar-refractivity contribution is 5.80. The lowest BCUT2D eigenvalue weighted by atomic mass is 9.33. The third-order valence-electron chi connectivity index (χ3n) is 18.9. The van der Waals surface area contributed by atoms with E-state index in [1.807, 2.05) is 0 Å². The first-order chi connectivity index (χ1) is 30.7. The van der Waals surface area contributed by atoms with E-state index in [9.17, 15) is 65.8 Å².